The summed E-state index contributed by atoms with van der Waals surface area (Å²) in [5, 5.41) is 3.10. The lowest BCUT2D eigenvalue weighted by Gasteiger charge is -2.21. The lowest BCUT2D eigenvalue weighted by atomic mass is 10.1. The van der Waals surface area contributed by atoms with Crippen molar-refractivity contribution in [1.82, 2.24) is 0 Å². The number of alkyl halides is 3. The highest BCUT2D eigenvalue weighted by Gasteiger charge is 2.31. The van der Waals surface area contributed by atoms with E-state index >= 15 is 0 Å². The van der Waals surface area contributed by atoms with Gasteiger partial charge in [0.2, 0.25) is 6.41 Å². The fourth-order valence-electron chi connectivity index (χ4n) is 2.89. The van der Waals surface area contributed by atoms with Crippen molar-refractivity contribution in [1.29, 1.82) is 0 Å². The third-order valence-electron chi connectivity index (χ3n) is 3.87. The van der Waals surface area contributed by atoms with E-state index in [2.05, 4.69) is 15.0 Å². The first-order valence-electron chi connectivity index (χ1n) is 7.48. The van der Waals surface area contributed by atoms with Crippen LogP contribution < -0.4 is 15.0 Å². The lowest BCUT2D eigenvalue weighted by Crippen LogP contribution is -2.20. The number of carbonyl (C=O) groups is 1. The number of rotatable bonds is 5. The molecule has 0 saturated heterocycles. The van der Waals surface area contributed by atoms with E-state index in [-0.39, 0.29) is 5.75 Å². The Morgan fingerprint density at radius 1 is 1.24 bits per heavy atom. The molecule has 4 nitrogen and oxygen atoms in total. The van der Waals surface area contributed by atoms with Crippen LogP contribution in [0.2, 0.25) is 5.02 Å². The second kappa shape index (κ2) is 6.84. The minimum absolute atomic E-state index is 0.249. The van der Waals surface area contributed by atoms with Crippen LogP contribution in [-0.4, -0.2) is 19.3 Å². The second-order valence-electron chi connectivity index (χ2n) is 5.59. The maximum Gasteiger partial charge on any atom is 0.573 e. The van der Waals surface area contributed by atoms with Gasteiger partial charge in [0.25, 0.3) is 0 Å². The fraction of sp³-hybridized carbons (Fsp3) is 0.235. The molecule has 1 amide bonds. The smallest absolute Gasteiger partial charge is 0.406 e. The molecule has 1 heterocycles. The number of fused-ring (bicyclic) bond motifs is 1. The number of nitrogens with one attached hydrogen (secondary N) is 1. The van der Waals surface area contributed by atoms with Crippen molar-refractivity contribution in [3.05, 3.63) is 52.5 Å². The Morgan fingerprint density at radius 3 is 2.60 bits per heavy atom. The number of hydrogen-bond donors (Lipinski definition) is 1. The van der Waals surface area contributed by atoms with E-state index in [0.29, 0.717) is 23.7 Å². The molecule has 2 aromatic carbocycles. The molecule has 0 unspecified atom stereocenters. The molecule has 0 fully saturated rings. The van der Waals surface area contributed by atoms with Crippen LogP contribution in [0.5, 0.6) is 5.75 Å². The zero-order chi connectivity index (χ0) is 18.0. The Balaban J connectivity index is 1.75. The van der Waals surface area contributed by atoms with Crippen molar-refractivity contribution in [3.8, 4) is 5.75 Å². The van der Waals surface area contributed by atoms with Gasteiger partial charge in [-0.1, -0.05) is 23.7 Å². The monoisotopic (exact) mass is 370 g/mol. The van der Waals surface area contributed by atoms with Crippen LogP contribution in [0.15, 0.2) is 36.4 Å². The van der Waals surface area contributed by atoms with Crippen molar-refractivity contribution in [2.45, 2.75) is 19.3 Å². The number of anilines is 2. The van der Waals surface area contributed by atoms with Crippen LogP contribution in [0, 0.1) is 0 Å². The van der Waals surface area contributed by atoms with E-state index in [1.807, 2.05) is 6.07 Å². The van der Waals surface area contributed by atoms with Crippen LogP contribution in [0.4, 0.5) is 24.5 Å². The summed E-state index contributed by atoms with van der Waals surface area (Å²) in [5.41, 5.74) is 3.38. The molecule has 8 heteroatoms. The number of nitrogens with zero attached hydrogens (tertiary/aromatic N) is 1. The Bertz CT molecular complexity index is 779. The van der Waals surface area contributed by atoms with E-state index in [0.717, 1.165) is 29.8 Å². The predicted octanol–water partition coefficient (Wildman–Crippen LogP) is 4.37. The minimum Gasteiger partial charge on any atom is -0.406 e. The standard InChI is InChI=1S/C17H14ClF3N2O2/c18-15-8-13(22-10-24)7-12-5-6-23(16(12)15)9-11-1-3-14(4-2-11)25-17(19,20)21/h1-4,7-8,10H,5-6,9H2,(H,22,24). The van der Waals surface area contributed by atoms with Crippen LogP contribution in [0.1, 0.15) is 11.1 Å². The highest BCUT2D eigenvalue weighted by molar-refractivity contribution is 6.34. The maximum absolute atomic E-state index is 12.2. The Kier molecular flexibility index (Phi) is 4.76. The average molecular weight is 371 g/mol. The zero-order valence-corrected chi connectivity index (χ0v) is 13.7. The first kappa shape index (κ1) is 17.4. The molecule has 0 bridgehead atoms. The molecule has 1 N–H and O–H groups in total. The molecule has 3 rings (SSSR count). The van der Waals surface area contributed by atoms with Crippen molar-refractivity contribution < 1.29 is 22.7 Å². The van der Waals surface area contributed by atoms with Crippen LogP contribution in [0.3, 0.4) is 0 Å². The van der Waals surface area contributed by atoms with E-state index in [1.54, 1.807) is 18.2 Å². The first-order chi connectivity index (χ1) is 11.9. The summed E-state index contributed by atoms with van der Waals surface area (Å²) in [6.45, 7) is 1.25. The molecule has 132 valence electrons. The van der Waals surface area contributed by atoms with Gasteiger partial charge in [0.1, 0.15) is 5.75 Å². The van der Waals surface area contributed by atoms with Crippen molar-refractivity contribution in [2.75, 3.05) is 16.8 Å². The van der Waals surface area contributed by atoms with E-state index in [1.165, 1.54) is 12.1 Å². The van der Waals surface area contributed by atoms with Gasteiger partial charge in [-0.2, -0.15) is 0 Å². The predicted molar refractivity (Wildman–Crippen MR) is 89.0 cm³/mol. The SMILES string of the molecule is O=CNc1cc(Cl)c2c(c1)CCN2Cc1ccc(OC(F)(F)F)cc1. The number of hydrogen-bond acceptors (Lipinski definition) is 3. The molecular weight excluding hydrogens is 357 g/mol. The van der Waals surface area contributed by atoms with Gasteiger partial charge in [0, 0.05) is 18.8 Å². The van der Waals surface area contributed by atoms with Crippen molar-refractivity contribution in [3.63, 3.8) is 0 Å². The molecule has 1 aliphatic heterocycles. The number of halogens is 4. The molecule has 25 heavy (non-hydrogen) atoms. The molecule has 0 radical (unpaired) electrons. The Labute approximate surface area is 147 Å². The highest BCUT2D eigenvalue weighted by Crippen LogP contribution is 2.38. The molecule has 2 aromatic rings. The third-order valence-corrected chi connectivity index (χ3v) is 4.15. The number of amides is 1. The van der Waals surface area contributed by atoms with E-state index in [4.69, 9.17) is 11.6 Å². The molecular formula is C17H14ClF3N2O2. The largest absolute Gasteiger partial charge is 0.573 e. The molecule has 0 aliphatic carbocycles. The molecule has 0 atom stereocenters. The highest BCUT2D eigenvalue weighted by atomic mass is 35.5. The summed E-state index contributed by atoms with van der Waals surface area (Å²) >= 11 is 6.33. The Hall–Kier alpha value is -2.41. The quantitative estimate of drug-likeness (QED) is 0.795. The van der Waals surface area contributed by atoms with Gasteiger partial charge in [-0.05, 0) is 41.8 Å². The summed E-state index contributed by atoms with van der Waals surface area (Å²) in [6.07, 6.45) is -3.33. The summed E-state index contributed by atoms with van der Waals surface area (Å²) in [7, 11) is 0. The maximum atomic E-state index is 12.2. The van der Waals surface area contributed by atoms with Crippen molar-refractivity contribution in [2.24, 2.45) is 0 Å². The second-order valence-corrected chi connectivity index (χ2v) is 6.00. The summed E-state index contributed by atoms with van der Waals surface area (Å²) in [6, 6.07) is 9.31. The summed E-state index contributed by atoms with van der Waals surface area (Å²) in [4.78, 5) is 12.6. The molecule has 0 saturated carbocycles. The minimum atomic E-state index is -4.70. The van der Waals surface area contributed by atoms with Gasteiger partial charge in [0.05, 0.1) is 10.7 Å². The number of benzene rings is 2. The third kappa shape index (κ3) is 4.17. The average Bonchev–Trinajstić information content (AvgIpc) is 2.91. The van der Waals surface area contributed by atoms with Crippen LogP contribution in [-0.2, 0) is 17.8 Å². The van der Waals surface area contributed by atoms with Gasteiger partial charge in [-0.25, -0.2) is 0 Å². The molecule has 0 aromatic heterocycles. The van der Waals surface area contributed by atoms with Gasteiger partial charge in [0.15, 0.2) is 0 Å². The van der Waals surface area contributed by atoms with Crippen LogP contribution >= 0.6 is 11.6 Å². The number of ether oxygens (including phenoxy) is 1. The zero-order valence-electron chi connectivity index (χ0n) is 12.9. The Morgan fingerprint density at radius 2 is 1.96 bits per heavy atom. The summed E-state index contributed by atoms with van der Waals surface area (Å²) in [5.74, 6) is -0.249. The van der Waals surface area contributed by atoms with Gasteiger partial charge >= 0.3 is 6.36 Å². The molecule has 0 spiro atoms. The van der Waals surface area contributed by atoms with Gasteiger partial charge in [-0.15, -0.1) is 13.2 Å². The number of carbonyl (C=O) groups excluding carboxylic acids is 1. The normalized spacial score (nSPS) is 13.5. The topological polar surface area (TPSA) is 41.6 Å². The van der Waals surface area contributed by atoms with E-state index < -0.39 is 6.36 Å². The lowest BCUT2D eigenvalue weighted by molar-refractivity contribution is -0.274. The first-order valence-corrected chi connectivity index (χ1v) is 7.86. The van der Waals surface area contributed by atoms with Gasteiger partial charge < -0.3 is 15.0 Å². The van der Waals surface area contributed by atoms with Crippen molar-refractivity contribution >= 4 is 29.4 Å². The summed E-state index contributed by atoms with van der Waals surface area (Å²) < 4.78 is 40.5. The fourth-order valence-corrected chi connectivity index (χ4v) is 3.25. The molecule has 1 aliphatic rings. The van der Waals surface area contributed by atoms with Crippen LogP contribution in [0.25, 0.3) is 0 Å². The van der Waals surface area contributed by atoms with E-state index in [9.17, 15) is 18.0 Å². The van der Waals surface area contributed by atoms with Gasteiger partial charge in [-0.3, -0.25) is 4.79 Å².